The van der Waals surface area contributed by atoms with Gasteiger partial charge in [-0.1, -0.05) is 109 Å². The summed E-state index contributed by atoms with van der Waals surface area (Å²) in [6.45, 7) is 0.00591. The van der Waals surface area contributed by atoms with Crippen LogP contribution in [0, 0.1) is 0 Å². The molecule has 1 unspecified atom stereocenters. The molecule has 9 heteroatoms. The highest BCUT2D eigenvalue weighted by atomic mass is 32.2. The van der Waals surface area contributed by atoms with E-state index in [2.05, 4.69) is 0 Å². The highest BCUT2D eigenvalue weighted by Gasteiger charge is 2.42. The normalized spacial score (nSPS) is 13.6. The minimum Gasteiger partial charge on any atom is -0.463 e. The highest BCUT2D eigenvalue weighted by Crippen LogP contribution is 2.44. The van der Waals surface area contributed by atoms with E-state index in [1.807, 2.05) is 78.9 Å². The van der Waals surface area contributed by atoms with E-state index in [0.717, 1.165) is 27.8 Å². The van der Waals surface area contributed by atoms with Crippen LogP contribution in [-0.4, -0.2) is 27.0 Å². The second kappa shape index (κ2) is 13.0. The van der Waals surface area contributed by atoms with E-state index >= 15 is 0 Å². The van der Waals surface area contributed by atoms with Crippen molar-refractivity contribution in [1.82, 2.24) is 0 Å². The zero-order valence-electron chi connectivity index (χ0n) is 24.7. The maximum absolute atomic E-state index is 13.9. The van der Waals surface area contributed by atoms with Crippen LogP contribution in [0.15, 0.2) is 138 Å². The minimum absolute atomic E-state index is 0.00138. The van der Waals surface area contributed by atoms with Gasteiger partial charge in [0.25, 0.3) is 0 Å². The van der Waals surface area contributed by atoms with Gasteiger partial charge in [0.05, 0.1) is 6.42 Å². The number of esters is 2. The van der Waals surface area contributed by atoms with Crippen LogP contribution in [0.25, 0.3) is 11.1 Å². The fourth-order valence-corrected chi connectivity index (χ4v) is 6.56. The van der Waals surface area contributed by atoms with E-state index in [1.54, 1.807) is 18.2 Å². The predicted octanol–water partition coefficient (Wildman–Crippen LogP) is 6.10. The van der Waals surface area contributed by atoms with Crippen LogP contribution < -0.4 is 9.92 Å². The molecular weight excluding hydrogens is 602 g/mol. The summed E-state index contributed by atoms with van der Waals surface area (Å²) in [4.78, 5) is 27.0. The van der Waals surface area contributed by atoms with Crippen LogP contribution in [0.4, 0.5) is 0 Å². The molecule has 232 valence electrons. The third-order valence-electron chi connectivity index (χ3n) is 7.98. The third-order valence-corrected chi connectivity index (χ3v) is 9.24. The molecule has 0 heterocycles. The van der Waals surface area contributed by atoms with E-state index in [1.165, 1.54) is 36.4 Å². The van der Waals surface area contributed by atoms with Crippen molar-refractivity contribution in [3.63, 3.8) is 0 Å². The quantitative estimate of drug-likeness (QED) is 0.137. The third kappa shape index (κ3) is 6.42. The van der Waals surface area contributed by atoms with Gasteiger partial charge in [0.15, 0.2) is 5.54 Å². The lowest BCUT2D eigenvalue weighted by Crippen LogP contribution is -2.48. The average molecular weight is 634 g/mol. The lowest BCUT2D eigenvalue weighted by Gasteiger charge is -2.28. The molecule has 0 fully saturated rings. The Morgan fingerprint density at radius 1 is 0.674 bits per heavy atom. The first-order valence-corrected chi connectivity index (χ1v) is 16.1. The number of hydrogen-bond donors (Lipinski definition) is 1. The Morgan fingerprint density at radius 2 is 1.22 bits per heavy atom. The maximum Gasteiger partial charge on any atom is 0.339 e. The molecule has 2 N–H and O–H groups in total. The first-order chi connectivity index (χ1) is 22.2. The predicted molar refractivity (Wildman–Crippen MR) is 172 cm³/mol. The molecule has 5 aromatic carbocycles. The summed E-state index contributed by atoms with van der Waals surface area (Å²) in [6, 6.07) is 38.4. The molecule has 5 aromatic rings. The van der Waals surface area contributed by atoms with E-state index in [-0.39, 0.29) is 35.3 Å². The highest BCUT2D eigenvalue weighted by molar-refractivity contribution is 7.87. The van der Waals surface area contributed by atoms with Gasteiger partial charge in [-0.3, -0.25) is 4.79 Å². The zero-order valence-corrected chi connectivity index (χ0v) is 25.6. The van der Waals surface area contributed by atoms with Gasteiger partial charge in [-0.25, -0.2) is 4.79 Å². The average Bonchev–Trinajstić information content (AvgIpc) is 3.40. The summed E-state index contributed by atoms with van der Waals surface area (Å²) in [5.74, 6) is -1.73. The number of nitrogens with two attached hydrogens (primary N) is 1. The van der Waals surface area contributed by atoms with Gasteiger partial charge in [-0.2, -0.15) is 8.42 Å². The number of benzene rings is 5. The van der Waals surface area contributed by atoms with E-state index in [9.17, 15) is 18.0 Å². The summed E-state index contributed by atoms with van der Waals surface area (Å²) >= 11 is 0. The van der Waals surface area contributed by atoms with E-state index in [0.29, 0.717) is 0 Å². The Balaban J connectivity index is 1.24. The molecule has 0 spiro atoms. The second-order valence-corrected chi connectivity index (χ2v) is 12.5. The topological polar surface area (TPSA) is 122 Å². The van der Waals surface area contributed by atoms with Gasteiger partial charge in [0, 0.05) is 5.92 Å². The number of carbonyl (C=O) groups is 2. The summed E-state index contributed by atoms with van der Waals surface area (Å²) < 4.78 is 42.1. The minimum atomic E-state index is -4.09. The number of fused-ring (bicyclic) bond motifs is 3. The summed E-state index contributed by atoms with van der Waals surface area (Å²) in [7, 11) is -4.09. The monoisotopic (exact) mass is 633 g/mol. The first kappa shape index (κ1) is 30.8. The van der Waals surface area contributed by atoms with Crippen LogP contribution in [-0.2, 0) is 41.3 Å². The molecule has 46 heavy (non-hydrogen) atoms. The maximum atomic E-state index is 13.9. The molecule has 0 saturated carbocycles. The molecule has 8 nitrogen and oxygen atoms in total. The van der Waals surface area contributed by atoms with Crippen LogP contribution in [0.2, 0.25) is 0 Å². The molecule has 0 amide bonds. The van der Waals surface area contributed by atoms with Crippen LogP contribution in [0.3, 0.4) is 0 Å². The molecule has 1 atom stereocenters. The Hall–Kier alpha value is -5.25. The van der Waals surface area contributed by atoms with Crippen molar-refractivity contribution in [3.05, 3.63) is 156 Å². The number of ether oxygens (including phenoxy) is 2. The molecule has 0 aromatic heterocycles. The van der Waals surface area contributed by atoms with Crippen molar-refractivity contribution in [2.24, 2.45) is 5.73 Å². The van der Waals surface area contributed by atoms with Crippen molar-refractivity contribution in [2.75, 3.05) is 6.61 Å². The van der Waals surface area contributed by atoms with Gasteiger partial charge in [0.2, 0.25) is 0 Å². The standard InChI is InChI=1S/C37H31NO7S/c38-37(23-35(39)43-24-26-11-3-1-4-12-26,27-19-21-28(22-20-27)45-46(41,42)29-13-5-2-6-14-29)36(40)44-25-34-32-17-9-7-15-30(32)31-16-8-10-18-33(31)34/h1-22,34H,23-25,38H2. The number of rotatable bonds is 11. The first-order valence-electron chi connectivity index (χ1n) is 14.7. The lowest BCUT2D eigenvalue weighted by molar-refractivity contribution is -0.158. The molecule has 0 bridgehead atoms. The van der Waals surface area contributed by atoms with Gasteiger partial charge in [0.1, 0.15) is 23.9 Å². The zero-order chi connectivity index (χ0) is 32.1. The Kier molecular flexibility index (Phi) is 8.70. The van der Waals surface area contributed by atoms with Crippen molar-refractivity contribution in [2.45, 2.75) is 29.4 Å². The molecule has 0 aliphatic heterocycles. The van der Waals surface area contributed by atoms with Crippen LogP contribution in [0.5, 0.6) is 5.75 Å². The molecular formula is C37H31NO7S. The van der Waals surface area contributed by atoms with Gasteiger partial charge < -0.3 is 19.4 Å². The molecule has 1 aliphatic carbocycles. The Morgan fingerprint density at radius 3 is 1.83 bits per heavy atom. The number of carbonyl (C=O) groups excluding carboxylic acids is 2. The molecule has 1 aliphatic rings. The Bertz CT molecular complexity index is 1920. The Labute approximate surface area is 267 Å². The fourth-order valence-electron chi connectivity index (χ4n) is 5.61. The fraction of sp³-hybridized carbons (Fsp3) is 0.135. The molecule has 0 radical (unpaired) electrons. The molecule has 6 rings (SSSR count). The van der Waals surface area contributed by atoms with Gasteiger partial charge in [-0.15, -0.1) is 0 Å². The van der Waals surface area contributed by atoms with E-state index < -0.39 is 34.0 Å². The van der Waals surface area contributed by atoms with E-state index in [4.69, 9.17) is 19.4 Å². The van der Waals surface area contributed by atoms with Crippen molar-refractivity contribution in [3.8, 4) is 16.9 Å². The van der Waals surface area contributed by atoms with Gasteiger partial charge in [-0.05, 0) is 57.6 Å². The second-order valence-electron chi connectivity index (χ2n) is 11.0. The largest absolute Gasteiger partial charge is 0.463 e. The SMILES string of the molecule is NC(CC(=O)OCc1ccccc1)(C(=O)OCC1c2ccccc2-c2ccccc21)c1ccc(OS(=O)(=O)c2ccccc2)cc1. The van der Waals surface area contributed by atoms with Crippen molar-refractivity contribution in [1.29, 1.82) is 0 Å². The summed E-state index contributed by atoms with van der Waals surface area (Å²) in [6.07, 6.45) is -0.515. The number of hydrogen-bond acceptors (Lipinski definition) is 8. The van der Waals surface area contributed by atoms with Crippen molar-refractivity contribution < 1.29 is 31.7 Å². The van der Waals surface area contributed by atoms with Crippen LogP contribution in [0.1, 0.15) is 34.6 Å². The summed E-state index contributed by atoms with van der Waals surface area (Å²) in [5.41, 5.74) is 10.0. The van der Waals surface area contributed by atoms with Crippen LogP contribution >= 0.6 is 0 Å². The summed E-state index contributed by atoms with van der Waals surface area (Å²) in [5, 5.41) is 0. The smallest absolute Gasteiger partial charge is 0.339 e. The van der Waals surface area contributed by atoms with Crippen molar-refractivity contribution >= 4 is 22.1 Å². The van der Waals surface area contributed by atoms with Gasteiger partial charge >= 0.3 is 22.1 Å². The molecule has 0 saturated heterocycles. The lowest BCUT2D eigenvalue weighted by atomic mass is 9.87.